The average molecular weight is 155 g/mol. The monoisotopic (exact) mass is 155 g/mol. The molecule has 0 aromatic carbocycles. The highest BCUT2D eigenvalue weighted by atomic mass is 32.1. The highest BCUT2D eigenvalue weighted by molar-refractivity contribution is 7.11. The molecule has 10 heavy (non-hydrogen) atoms. The van der Waals surface area contributed by atoms with Crippen molar-refractivity contribution in [3.8, 4) is 0 Å². The van der Waals surface area contributed by atoms with Gasteiger partial charge in [-0.3, -0.25) is 0 Å². The van der Waals surface area contributed by atoms with E-state index < -0.39 is 0 Å². The Labute approximate surface area is 63.9 Å². The summed E-state index contributed by atoms with van der Waals surface area (Å²) in [5.74, 6) is 0. The Bertz CT molecular complexity index is 229. The highest BCUT2D eigenvalue weighted by Gasteiger charge is 2.27. The van der Waals surface area contributed by atoms with Crippen LogP contribution >= 0.6 is 11.3 Å². The van der Waals surface area contributed by atoms with Crippen molar-refractivity contribution >= 4 is 11.3 Å². The van der Waals surface area contributed by atoms with Gasteiger partial charge in [0.25, 0.3) is 0 Å². The summed E-state index contributed by atoms with van der Waals surface area (Å²) in [4.78, 5) is 5.59. The standard InChI is InChI=1S/C7H9NOS/c1-2-5-3-8-7(10-5)6-4-9-6/h3,6H,2,4H2,1H3. The molecule has 2 rings (SSSR count). The number of ether oxygens (including phenoxy) is 1. The van der Waals surface area contributed by atoms with E-state index in [1.807, 2.05) is 6.20 Å². The largest absolute Gasteiger partial charge is 0.365 e. The van der Waals surface area contributed by atoms with Crippen molar-refractivity contribution in [1.82, 2.24) is 4.98 Å². The quantitative estimate of drug-likeness (QED) is 0.608. The summed E-state index contributed by atoms with van der Waals surface area (Å²) in [6.45, 7) is 3.02. The predicted octanol–water partition coefficient (Wildman–Crippen LogP) is 1.78. The molecule has 2 heterocycles. The lowest BCUT2D eigenvalue weighted by molar-refractivity contribution is 0.415. The maximum Gasteiger partial charge on any atom is 0.132 e. The van der Waals surface area contributed by atoms with Crippen molar-refractivity contribution in [2.75, 3.05) is 6.61 Å². The lowest BCUT2D eigenvalue weighted by Crippen LogP contribution is -1.72. The van der Waals surface area contributed by atoms with Crippen LogP contribution in [0, 0.1) is 0 Å². The van der Waals surface area contributed by atoms with Crippen LogP contribution < -0.4 is 0 Å². The molecule has 1 aliphatic rings. The molecule has 54 valence electrons. The fourth-order valence-corrected chi connectivity index (χ4v) is 1.72. The summed E-state index contributed by atoms with van der Waals surface area (Å²) < 4.78 is 5.10. The van der Waals surface area contributed by atoms with Gasteiger partial charge in [0.05, 0.1) is 6.61 Å². The van der Waals surface area contributed by atoms with Crippen LogP contribution in [0.5, 0.6) is 0 Å². The molecule has 1 unspecified atom stereocenters. The zero-order valence-corrected chi connectivity index (χ0v) is 6.65. The first-order valence-electron chi connectivity index (χ1n) is 3.46. The first-order valence-corrected chi connectivity index (χ1v) is 4.28. The van der Waals surface area contributed by atoms with Crippen LogP contribution in [0.15, 0.2) is 6.20 Å². The third-order valence-corrected chi connectivity index (χ3v) is 2.76. The first kappa shape index (κ1) is 6.31. The zero-order chi connectivity index (χ0) is 6.97. The van der Waals surface area contributed by atoms with Crippen LogP contribution in [0.2, 0.25) is 0 Å². The van der Waals surface area contributed by atoms with Gasteiger partial charge in [-0.05, 0) is 6.42 Å². The SMILES string of the molecule is CCc1cnc(C2CO2)s1. The van der Waals surface area contributed by atoms with E-state index in [1.54, 1.807) is 11.3 Å². The average Bonchev–Trinajstić information content (AvgIpc) is 2.70. The minimum Gasteiger partial charge on any atom is -0.365 e. The van der Waals surface area contributed by atoms with Gasteiger partial charge in [-0.1, -0.05) is 6.92 Å². The number of hydrogen-bond donors (Lipinski definition) is 0. The molecule has 0 saturated carbocycles. The fourth-order valence-electron chi connectivity index (χ4n) is 0.826. The van der Waals surface area contributed by atoms with E-state index in [0.717, 1.165) is 18.0 Å². The van der Waals surface area contributed by atoms with Crippen LogP contribution in [-0.2, 0) is 11.2 Å². The van der Waals surface area contributed by atoms with E-state index in [-0.39, 0.29) is 0 Å². The predicted molar refractivity (Wildman–Crippen MR) is 40.2 cm³/mol. The summed E-state index contributed by atoms with van der Waals surface area (Å²) in [6, 6.07) is 0. The first-order chi connectivity index (χ1) is 4.90. The van der Waals surface area contributed by atoms with Gasteiger partial charge in [0.15, 0.2) is 0 Å². The molecule has 1 aromatic rings. The summed E-state index contributed by atoms with van der Waals surface area (Å²) in [6.07, 6.45) is 3.37. The maximum absolute atomic E-state index is 5.10. The van der Waals surface area contributed by atoms with Gasteiger partial charge in [0.1, 0.15) is 11.1 Å². The highest BCUT2D eigenvalue weighted by Crippen LogP contribution is 2.32. The molecule has 0 bridgehead atoms. The Morgan fingerprint density at radius 1 is 1.90 bits per heavy atom. The van der Waals surface area contributed by atoms with Gasteiger partial charge in [-0.25, -0.2) is 4.98 Å². The molecule has 0 aliphatic carbocycles. The molecule has 1 fully saturated rings. The van der Waals surface area contributed by atoms with E-state index in [1.165, 1.54) is 4.88 Å². The Balaban J connectivity index is 2.19. The van der Waals surface area contributed by atoms with Gasteiger partial charge in [0.2, 0.25) is 0 Å². The summed E-state index contributed by atoms with van der Waals surface area (Å²) in [5, 5.41) is 1.15. The molecular formula is C7H9NOS. The second-order valence-electron chi connectivity index (χ2n) is 2.34. The van der Waals surface area contributed by atoms with E-state index in [0.29, 0.717) is 6.10 Å². The number of aromatic nitrogens is 1. The molecule has 0 spiro atoms. The van der Waals surface area contributed by atoms with Gasteiger partial charge in [-0.2, -0.15) is 0 Å². The molecule has 0 radical (unpaired) electrons. The minimum absolute atomic E-state index is 0.338. The number of hydrogen-bond acceptors (Lipinski definition) is 3. The van der Waals surface area contributed by atoms with Gasteiger partial charge in [-0.15, -0.1) is 11.3 Å². The number of thiazole rings is 1. The van der Waals surface area contributed by atoms with Crippen molar-refractivity contribution < 1.29 is 4.74 Å². The second-order valence-corrected chi connectivity index (χ2v) is 3.49. The summed E-state index contributed by atoms with van der Waals surface area (Å²) in [5.41, 5.74) is 0. The van der Waals surface area contributed by atoms with Crippen molar-refractivity contribution in [3.63, 3.8) is 0 Å². The smallest absolute Gasteiger partial charge is 0.132 e. The van der Waals surface area contributed by atoms with Crippen molar-refractivity contribution in [2.24, 2.45) is 0 Å². The van der Waals surface area contributed by atoms with Crippen molar-refractivity contribution in [1.29, 1.82) is 0 Å². The lowest BCUT2D eigenvalue weighted by atomic mass is 10.4. The zero-order valence-electron chi connectivity index (χ0n) is 5.83. The third kappa shape index (κ3) is 1.07. The Morgan fingerprint density at radius 3 is 3.20 bits per heavy atom. The van der Waals surface area contributed by atoms with Crippen LogP contribution in [0.25, 0.3) is 0 Å². The number of epoxide rings is 1. The normalized spacial score (nSPS) is 23.1. The molecule has 0 amide bonds. The summed E-state index contributed by atoms with van der Waals surface area (Å²) >= 11 is 1.77. The van der Waals surface area contributed by atoms with Crippen LogP contribution in [0.1, 0.15) is 22.9 Å². The second kappa shape index (κ2) is 2.32. The molecule has 3 heteroatoms. The molecule has 1 aromatic heterocycles. The number of nitrogens with zero attached hydrogens (tertiary/aromatic N) is 1. The topological polar surface area (TPSA) is 25.4 Å². The lowest BCUT2D eigenvalue weighted by Gasteiger charge is -1.81. The van der Waals surface area contributed by atoms with E-state index in [4.69, 9.17) is 4.74 Å². The minimum atomic E-state index is 0.338. The number of rotatable bonds is 2. The van der Waals surface area contributed by atoms with Crippen molar-refractivity contribution in [2.45, 2.75) is 19.4 Å². The number of aryl methyl sites for hydroxylation is 1. The maximum atomic E-state index is 5.10. The van der Waals surface area contributed by atoms with Crippen LogP contribution in [-0.4, -0.2) is 11.6 Å². The Hall–Kier alpha value is -0.410. The molecular weight excluding hydrogens is 146 g/mol. The Morgan fingerprint density at radius 2 is 2.70 bits per heavy atom. The van der Waals surface area contributed by atoms with E-state index >= 15 is 0 Å². The molecule has 1 aliphatic heterocycles. The Kier molecular flexibility index (Phi) is 1.47. The molecule has 0 N–H and O–H groups in total. The molecule has 2 nitrogen and oxygen atoms in total. The van der Waals surface area contributed by atoms with Crippen LogP contribution in [0.4, 0.5) is 0 Å². The molecule has 1 atom stereocenters. The van der Waals surface area contributed by atoms with Gasteiger partial charge in [0, 0.05) is 11.1 Å². The van der Waals surface area contributed by atoms with Gasteiger partial charge >= 0.3 is 0 Å². The summed E-state index contributed by atoms with van der Waals surface area (Å²) in [7, 11) is 0. The third-order valence-electron chi connectivity index (χ3n) is 1.53. The van der Waals surface area contributed by atoms with Crippen LogP contribution in [0.3, 0.4) is 0 Å². The van der Waals surface area contributed by atoms with Gasteiger partial charge < -0.3 is 4.74 Å². The van der Waals surface area contributed by atoms with E-state index in [2.05, 4.69) is 11.9 Å². The van der Waals surface area contributed by atoms with Crippen molar-refractivity contribution in [3.05, 3.63) is 16.1 Å². The fraction of sp³-hybridized carbons (Fsp3) is 0.571. The van der Waals surface area contributed by atoms with E-state index in [9.17, 15) is 0 Å². The molecule has 1 saturated heterocycles.